The van der Waals surface area contributed by atoms with Crippen LogP contribution in [0.5, 0.6) is 0 Å². The highest BCUT2D eigenvalue weighted by atomic mass is 79.9. The highest BCUT2D eigenvalue weighted by Gasteiger charge is 2.01. The average Bonchev–Trinajstić information content (AvgIpc) is 2.41. The second-order valence-corrected chi connectivity index (χ2v) is 5.62. The van der Waals surface area contributed by atoms with E-state index in [1.165, 1.54) is 19.3 Å². The topological polar surface area (TPSA) is 26.3 Å². The van der Waals surface area contributed by atoms with Gasteiger partial charge in [-0.2, -0.15) is 0 Å². The van der Waals surface area contributed by atoms with Gasteiger partial charge >= 0.3 is 5.97 Å². The van der Waals surface area contributed by atoms with E-state index in [0.29, 0.717) is 13.0 Å². The Morgan fingerprint density at radius 3 is 2.47 bits per heavy atom. The van der Waals surface area contributed by atoms with Gasteiger partial charge < -0.3 is 4.74 Å². The van der Waals surface area contributed by atoms with Crippen LogP contribution < -0.4 is 0 Å². The van der Waals surface area contributed by atoms with Crippen LogP contribution in [0.4, 0.5) is 0 Å². The maximum atomic E-state index is 11.4. The molecule has 0 aliphatic heterocycles. The quantitative estimate of drug-likeness (QED) is 0.195. The molecule has 0 N–H and O–H groups in total. The number of carbonyl (C=O) groups is 1. The molecule has 0 radical (unpaired) electrons. The van der Waals surface area contributed by atoms with E-state index in [1.54, 1.807) is 0 Å². The van der Waals surface area contributed by atoms with Gasteiger partial charge in [-0.05, 0) is 32.1 Å². The van der Waals surface area contributed by atoms with Gasteiger partial charge in [-0.25, -0.2) is 0 Å². The molecular formula is C16H29BrO2. The number of alkyl halides is 1. The second-order valence-electron chi connectivity index (χ2n) is 4.83. The first-order valence-electron chi connectivity index (χ1n) is 7.67. The molecule has 0 saturated heterocycles. The maximum Gasteiger partial charge on any atom is 0.305 e. The fraction of sp³-hybridized carbons (Fsp3) is 0.812. The van der Waals surface area contributed by atoms with Gasteiger partial charge in [-0.15, -0.1) is 0 Å². The van der Waals surface area contributed by atoms with Gasteiger partial charge in [0.25, 0.3) is 0 Å². The van der Waals surface area contributed by atoms with E-state index >= 15 is 0 Å². The smallest absolute Gasteiger partial charge is 0.305 e. The predicted molar refractivity (Wildman–Crippen MR) is 85.7 cm³/mol. The Kier molecular flexibility index (Phi) is 15.5. The summed E-state index contributed by atoms with van der Waals surface area (Å²) in [5, 5.41) is 1.03. The molecule has 0 aliphatic rings. The van der Waals surface area contributed by atoms with Crippen molar-refractivity contribution in [2.45, 2.75) is 71.1 Å². The van der Waals surface area contributed by atoms with E-state index < -0.39 is 0 Å². The number of carbonyl (C=O) groups excluding carboxylic acids is 1. The van der Waals surface area contributed by atoms with Gasteiger partial charge in [0.2, 0.25) is 0 Å². The van der Waals surface area contributed by atoms with Gasteiger partial charge in [-0.3, -0.25) is 4.79 Å². The van der Waals surface area contributed by atoms with Crippen LogP contribution in [-0.4, -0.2) is 17.9 Å². The Labute approximate surface area is 127 Å². The largest absolute Gasteiger partial charge is 0.466 e. The molecule has 2 nitrogen and oxygen atoms in total. The standard InChI is InChI=1S/C16H29BrO2/c1-2-3-4-7-10-13-16(18)19-15-12-9-6-5-8-11-14-17/h5,8H,2-4,6-7,9-15H2,1H3. The molecule has 0 rings (SSSR count). The molecule has 0 fully saturated rings. The van der Waals surface area contributed by atoms with E-state index in [-0.39, 0.29) is 5.97 Å². The highest BCUT2D eigenvalue weighted by Crippen LogP contribution is 2.06. The molecule has 0 unspecified atom stereocenters. The van der Waals surface area contributed by atoms with Crippen molar-refractivity contribution in [3.63, 3.8) is 0 Å². The van der Waals surface area contributed by atoms with Crippen molar-refractivity contribution in [2.24, 2.45) is 0 Å². The minimum absolute atomic E-state index is 0.0219. The monoisotopic (exact) mass is 332 g/mol. The Morgan fingerprint density at radius 2 is 1.74 bits per heavy atom. The molecule has 0 atom stereocenters. The summed E-state index contributed by atoms with van der Waals surface area (Å²) in [6, 6.07) is 0. The third kappa shape index (κ3) is 15.6. The van der Waals surface area contributed by atoms with Crippen molar-refractivity contribution in [1.82, 2.24) is 0 Å². The normalized spacial score (nSPS) is 11.1. The van der Waals surface area contributed by atoms with Gasteiger partial charge in [0, 0.05) is 11.8 Å². The summed E-state index contributed by atoms with van der Waals surface area (Å²) in [5.41, 5.74) is 0. The van der Waals surface area contributed by atoms with Crippen LogP contribution >= 0.6 is 15.9 Å². The first-order valence-corrected chi connectivity index (χ1v) is 8.80. The molecule has 0 saturated carbocycles. The number of unbranched alkanes of at least 4 members (excludes halogenated alkanes) is 6. The van der Waals surface area contributed by atoms with Crippen LogP contribution in [0.2, 0.25) is 0 Å². The summed E-state index contributed by atoms with van der Waals surface area (Å²) >= 11 is 3.38. The summed E-state index contributed by atoms with van der Waals surface area (Å²) in [7, 11) is 0. The predicted octanol–water partition coefficient (Wildman–Crippen LogP) is 5.40. The van der Waals surface area contributed by atoms with E-state index in [2.05, 4.69) is 35.0 Å². The van der Waals surface area contributed by atoms with Gasteiger partial charge in [0.1, 0.15) is 0 Å². The number of rotatable bonds is 13. The Hall–Kier alpha value is -0.310. The first kappa shape index (κ1) is 18.7. The van der Waals surface area contributed by atoms with Crippen LogP contribution in [0.15, 0.2) is 12.2 Å². The lowest BCUT2D eigenvalue weighted by molar-refractivity contribution is -0.143. The molecule has 0 bridgehead atoms. The Balaban J connectivity index is 3.20. The van der Waals surface area contributed by atoms with Gasteiger partial charge in [0.15, 0.2) is 0 Å². The number of allylic oxidation sites excluding steroid dienone is 2. The van der Waals surface area contributed by atoms with Gasteiger partial charge in [-0.1, -0.05) is 60.7 Å². The Morgan fingerprint density at radius 1 is 1.00 bits per heavy atom. The molecule has 0 aromatic heterocycles. The minimum Gasteiger partial charge on any atom is -0.466 e. The number of halogens is 1. The second kappa shape index (κ2) is 15.7. The molecular weight excluding hydrogens is 304 g/mol. The first-order chi connectivity index (χ1) is 9.31. The number of ether oxygens (including phenoxy) is 1. The lowest BCUT2D eigenvalue weighted by Gasteiger charge is -2.04. The van der Waals surface area contributed by atoms with E-state index in [9.17, 15) is 4.79 Å². The zero-order valence-corrected chi connectivity index (χ0v) is 13.9. The summed E-state index contributed by atoms with van der Waals surface area (Å²) in [6.07, 6.45) is 15.1. The zero-order chi connectivity index (χ0) is 14.2. The van der Waals surface area contributed by atoms with Crippen molar-refractivity contribution < 1.29 is 9.53 Å². The zero-order valence-electron chi connectivity index (χ0n) is 12.3. The molecule has 0 heterocycles. The molecule has 0 aromatic rings. The highest BCUT2D eigenvalue weighted by molar-refractivity contribution is 9.09. The summed E-state index contributed by atoms with van der Waals surface area (Å²) in [5.74, 6) is -0.0219. The summed E-state index contributed by atoms with van der Waals surface area (Å²) in [6.45, 7) is 2.78. The molecule has 0 spiro atoms. The minimum atomic E-state index is -0.0219. The number of hydrogen-bond donors (Lipinski definition) is 0. The van der Waals surface area contributed by atoms with Crippen LogP contribution in [0.1, 0.15) is 71.1 Å². The Bertz CT molecular complexity index is 227. The van der Waals surface area contributed by atoms with Crippen molar-refractivity contribution in [3.05, 3.63) is 12.2 Å². The van der Waals surface area contributed by atoms with Crippen LogP contribution in [-0.2, 0) is 9.53 Å². The summed E-state index contributed by atoms with van der Waals surface area (Å²) < 4.78 is 5.21. The van der Waals surface area contributed by atoms with Crippen molar-refractivity contribution >= 4 is 21.9 Å². The number of hydrogen-bond acceptors (Lipinski definition) is 2. The van der Waals surface area contributed by atoms with E-state index in [1.807, 2.05) is 0 Å². The maximum absolute atomic E-state index is 11.4. The van der Waals surface area contributed by atoms with Crippen molar-refractivity contribution in [1.29, 1.82) is 0 Å². The molecule has 19 heavy (non-hydrogen) atoms. The molecule has 3 heteroatoms. The fourth-order valence-corrected chi connectivity index (χ4v) is 2.06. The van der Waals surface area contributed by atoms with E-state index in [4.69, 9.17) is 4.74 Å². The van der Waals surface area contributed by atoms with Gasteiger partial charge in [0.05, 0.1) is 6.61 Å². The lowest BCUT2D eigenvalue weighted by Crippen LogP contribution is -2.05. The average molecular weight is 333 g/mol. The van der Waals surface area contributed by atoms with Crippen molar-refractivity contribution in [2.75, 3.05) is 11.9 Å². The third-order valence-corrected chi connectivity index (χ3v) is 3.41. The SMILES string of the molecule is CCCCCCCC(=O)OCCCCC=CCCBr. The third-order valence-electron chi connectivity index (χ3n) is 2.96. The van der Waals surface area contributed by atoms with Crippen LogP contribution in [0.3, 0.4) is 0 Å². The molecule has 0 aliphatic carbocycles. The molecule has 0 amide bonds. The van der Waals surface area contributed by atoms with Crippen LogP contribution in [0.25, 0.3) is 0 Å². The molecule has 112 valence electrons. The fourth-order valence-electron chi connectivity index (χ4n) is 1.79. The van der Waals surface area contributed by atoms with E-state index in [0.717, 1.165) is 43.9 Å². The summed E-state index contributed by atoms with van der Waals surface area (Å²) in [4.78, 5) is 11.4. The van der Waals surface area contributed by atoms with Crippen molar-refractivity contribution in [3.8, 4) is 0 Å². The molecule has 0 aromatic carbocycles. The number of esters is 1. The lowest BCUT2D eigenvalue weighted by atomic mass is 10.1. The van der Waals surface area contributed by atoms with Crippen LogP contribution in [0, 0.1) is 0 Å².